The first kappa shape index (κ1) is 19.3. The van der Waals surface area contributed by atoms with Crippen LogP contribution in [0.3, 0.4) is 0 Å². The Hall–Kier alpha value is -3.62. The first-order chi connectivity index (χ1) is 15.0. The minimum absolute atomic E-state index is 0.0260. The number of carboxylic acid groups (broad SMARTS) is 1. The van der Waals surface area contributed by atoms with E-state index in [0.717, 1.165) is 11.8 Å². The summed E-state index contributed by atoms with van der Waals surface area (Å²) in [5.41, 5.74) is 0.762. The minimum atomic E-state index is -1.33. The molecule has 2 aromatic heterocycles. The first-order valence-corrected chi connectivity index (χ1v) is 10.1. The zero-order chi connectivity index (χ0) is 21.7. The number of hydrogen-bond donors (Lipinski definition) is 1. The molecule has 5 rings (SSSR count). The fourth-order valence-electron chi connectivity index (χ4n) is 4.40. The van der Waals surface area contributed by atoms with Crippen LogP contribution in [0, 0.1) is 5.82 Å². The Kier molecular flexibility index (Phi) is 4.53. The standard InChI is InChI=1S/C22H21FN4O4/c1-13-12-31-21-18-15(20(28)16(22(29)30)11-27(13)18)10-17(23)19(21)26-8-6-25(7-9-26)14-2-4-24-5-3-14/h2-5,10-11,13H,6-9,12H2,1H3,(H,29,30)/t13-/m0/s1. The normalized spacial score (nSPS) is 18.2. The molecule has 1 aromatic carbocycles. The van der Waals surface area contributed by atoms with Gasteiger partial charge in [0.15, 0.2) is 11.6 Å². The van der Waals surface area contributed by atoms with Gasteiger partial charge in [-0.3, -0.25) is 9.78 Å². The van der Waals surface area contributed by atoms with Crippen molar-refractivity contribution in [3.63, 3.8) is 0 Å². The summed E-state index contributed by atoms with van der Waals surface area (Å²) in [5, 5.41) is 9.44. The molecular formula is C22H21FN4O4. The third-order valence-corrected chi connectivity index (χ3v) is 6.00. The number of aromatic nitrogens is 2. The highest BCUT2D eigenvalue weighted by molar-refractivity contribution is 5.97. The monoisotopic (exact) mass is 424 g/mol. The Morgan fingerprint density at radius 2 is 1.87 bits per heavy atom. The lowest BCUT2D eigenvalue weighted by Gasteiger charge is -2.39. The van der Waals surface area contributed by atoms with E-state index in [4.69, 9.17) is 4.74 Å². The Balaban J connectivity index is 1.58. The summed E-state index contributed by atoms with van der Waals surface area (Å²) < 4.78 is 22.9. The lowest BCUT2D eigenvalue weighted by atomic mass is 10.1. The van der Waals surface area contributed by atoms with Gasteiger partial charge >= 0.3 is 5.97 Å². The van der Waals surface area contributed by atoms with E-state index in [9.17, 15) is 14.7 Å². The SMILES string of the molecule is C[C@H]1COc2c(N3CCN(c4ccncc4)CC3)c(F)cc3c(=O)c(C(=O)O)cn1c23. The Bertz CT molecular complexity index is 1240. The van der Waals surface area contributed by atoms with Gasteiger partial charge in [0.1, 0.15) is 17.9 Å². The minimum Gasteiger partial charge on any atom is -0.487 e. The van der Waals surface area contributed by atoms with Crippen molar-refractivity contribution in [1.82, 2.24) is 9.55 Å². The van der Waals surface area contributed by atoms with E-state index in [-0.39, 0.29) is 23.6 Å². The first-order valence-electron chi connectivity index (χ1n) is 10.1. The molecule has 1 N–H and O–H groups in total. The van der Waals surface area contributed by atoms with Gasteiger partial charge in [-0.25, -0.2) is 9.18 Å². The van der Waals surface area contributed by atoms with Crippen molar-refractivity contribution in [2.75, 3.05) is 42.6 Å². The molecule has 2 aliphatic rings. The van der Waals surface area contributed by atoms with Gasteiger partial charge in [-0.2, -0.15) is 0 Å². The number of pyridine rings is 2. The molecule has 0 spiro atoms. The Labute approximate surface area is 177 Å². The van der Waals surface area contributed by atoms with E-state index in [0.29, 0.717) is 43.1 Å². The Morgan fingerprint density at radius 1 is 1.19 bits per heavy atom. The summed E-state index contributed by atoms with van der Waals surface area (Å²) in [6, 6.07) is 4.85. The van der Waals surface area contributed by atoms with Crippen molar-refractivity contribution < 1.29 is 19.0 Å². The summed E-state index contributed by atoms with van der Waals surface area (Å²) in [7, 11) is 0. The van der Waals surface area contributed by atoms with E-state index >= 15 is 4.39 Å². The predicted molar refractivity (Wildman–Crippen MR) is 114 cm³/mol. The van der Waals surface area contributed by atoms with E-state index in [1.807, 2.05) is 24.0 Å². The largest absolute Gasteiger partial charge is 0.487 e. The van der Waals surface area contributed by atoms with Crippen molar-refractivity contribution in [3.05, 3.63) is 58.4 Å². The molecule has 2 aliphatic heterocycles. The number of carboxylic acids is 1. The van der Waals surface area contributed by atoms with Gasteiger partial charge in [0.25, 0.3) is 0 Å². The van der Waals surface area contributed by atoms with E-state index in [1.165, 1.54) is 6.20 Å². The van der Waals surface area contributed by atoms with Crippen molar-refractivity contribution in [3.8, 4) is 5.75 Å². The number of nitrogens with zero attached hydrogens (tertiary/aromatic N) is 4. The molecule has 1 atom stereocenters. The van der Waals surface area contributed by atoms with Crippen LogP contribution in [0.2, 0.25) is 0 Å². The van der Waals surface area contributed by atoms with Gasteiger partial charge in [-0.1, -0.05) is 0 Å². The zero-order valence-corrected chi connectivity index (χ0v) is 16.9. The van der Waals surface area contributed by atoms with Gasteiger partial charge in [0, 0.05) is 50.5 Å². The lowest BCUT2D eigenvalue weighted by Crippen LogP contribution is -2.47. The Morgan fingerprint density at radius 3 is 2.55 bits per heavy atom. The van der Waals surface area contributed by atoms with Crippen LogP contribution in [0.25, 0.3) is 10.9 Å². The van der Waals surface area contributed by atoms with Crippen LogP contribution in [0.15, 0.2) is 41.6 Å². The molecule has 0 aliphatic carbocycles. The highest BCUT2D eigenvalue weighted by Gasteiger charge is 2.31. The summed E-state index contributed by atoms with van der Waals surface area (Å²) in [6.07, 6.45) is 4.83. The van der Waals surface area contributed by atoms with Crippen LogP contribution in [0.1, 0.15) is 23.3 Å². The second kappa shape index (κ2) is 7.26. The molecule has 0 amide bonds. The molecule has 0 saturated carbocycles. The quantitative estimate of drug-likeness (QED) is 0.691. The number of piperazine rings is 1. The highest BCUT2D eigenvalue weighted by atomic mass is 19.1. The van der Waals surface area contributed by atoms with Crippen LogP contribution >= 0.6 is 0 Å². The van der Waals surface area contributed by atoms with E-state index in [2.05, 4.69) is 9.88 Å². The van der Waals surface area contributed by atoms with Crippen LogP contribution in [-0.2, 0) is 0 Å². The maximum Gasteiger partial charge on any atom is 0.341 e. The number of rotatable bonds is 3. The van der Waals surface area contributed by atoms with Crippen LogP contribution in [0.4, 0.5) is 15.8 Å². The van der Waals surface area contributed by atoms with Gasteiger partial charge in [-0.05, 0) is 25.1 Å². The number of ether oxygens (including phenoxy) is 1. The third kappa shape index (κ3) is 3.08. The molecule has 4 heterocycles. The molecule has 3 aromatic rings. The number of halogens is 1. The second-order valence-corrected chi connectivity index (χ2v) is 7.86. The predicted octanol–water partition coefficient (Wildman–Crippen LogP) is 2.51. The van der Waals surface area contributed by atoms with E-state index in [1.54, 1.807) is 17.0 Å². The fraction of sp³-hybridized carbons (Fsp3) is 0.318. The molecule has 1 saturated heterocycles. The van der Waals surface area contributed by atoms with Gasteiger partial charge < -0.3 is 24.2 Å². The molecule has 0 bridgehead atoms. The number of carbonyl (C=O) groups is 1. The maximum absolute atomic E-state index is 15.3. The number of benzene rings is 1. The molecule has 8 nitrogen and oxygen atoms in total. The fourth-order valence-corrected chi connectivity index (χ4v) is 4.40. The lowest BCUT2D eigenvalue weighted by molar-refractivity contribution is 0.0694. The molecular weight excluding hydrogens is 403 g/mol. The summed E-state index contributed by atoms with van der Waals surface area (Å²) >= 11 is 0. The molecule has 1 fully saturated rings. The average Bonchev–Trinajstić information content (AvgIpc) is 2.78. The molecule has 9 heteroatoms. The van der Waals surface area contributed by atoms with Crippen molar-refractivity contribution >= 4 is 28.2 Å². The average molecular weight is 424 g/mol. The van der Waals surface area contributed by atoms with Gasteiger partial charge in [0.2, 0.25) is 5.43 Å². The maximum atomic E-state index is 15.3. The van der Waals surface area contributed by atoms with E-state index < -0.39 is 17.2 Å². The van der Waals surface area contributed by atoms with Crippen molar-refractivity contribution in [2.45, 2.75) is 13.0 Å². The molecule has 0 unspecified atom stereocenters. The van der Waals surface area contributed by atoms with Crippen LogP contribution in [-0.4, -0.2) is 53.4 Å². The van der Waals surface area contributed by atoms with Crippen LogP contribution < -0.4 is 20.0 Å². The van der Waals surface area contributed by atoms with Crippen molar-refractivity contribution in [2.24, 2.45) is 0 Å². The molecule has 31 heavy (non-hydrogen) atoms. The number of hydrogen-bond acceptors (Lipinski definition) is 6. The summed E-state index contributed by atoms with van der Waals surface area (Å²) in [5.74, 6) is -1.60. The highest BCUT2D eigenvalue weighted by Crippen LogP contribution is 2.42. The topological polar surface area (TPSA) is 87.9 Å². The summed E-state index contributed by atoms with van der Waals surface area (Å²) in [4.78, 5) is 32.4. The zero-order valence-electron chi connectivity index (χ0n) is 16.9. The number of anilines is 2. The molecule has 160 valence electrons. The molecule has 0 radical (unpaired) electrons. The van der Waals surface area contributed by atoms with Gasteiger partial charge in [0.05, 0.1) is 16.9 Å². The van der Waals surface area contributed by atoms with Crippen LogP contribution in [0.5, 0.6) is 5.75 Å². The smallest absolute Gasteiger partial charge is 0.341 e. The summed E-state index contributed by atoms with van der Waals surface area (Å²) in [6.45, 7) is 4.68. The second-order valence-electron chi connectivity index (χ2n) is 7.86. The third-order valence-electron chi connectivity index (χ3n) is 6.00. The number of aromatic carboxylic acids is 1. The van der Waals surface area contributed by atoms with Gasteiger partial charge in [-0.15, -0.1) is 0 Å². The van der Waals surface area contributed by atoms with Crippen molar-refractivity contribution in [1.29, 1.82) is 0 Å².